The highest BCUT2D eigenvalue weighted by Gasteiger charge is 2.28. The van der Waals surface area contributed by atoms with E-state index in [0.717, 1.165) is 5.56 Å². The lowest BCUT2D eigenvalue weighted by molar-refractivity contribution is 0.0964. The molecular formula is C25H23F2N3O. The first-order chi connectivity index (χ1) is 15.1. The molecule has 31 heavy (non-hydrogen) atoms. The monoisotopic (exact) mass is 419 g/mol. The van der Waals surface area contributed by atoms with Crippen LogP contribution in [0.2, 0.25) is 0 Å². The number of nitrogens with zero attached hydrogens (tertiary/aromatic N) is 2. The highest BCUT2D eigenvalue weighted by molar-refractivity contribution is 5.99. The van der Waals surface area contributed by atoms with E-state index in [-0.39, 0.29) is 23.8 Å². The molecule has 5 rings (SSSR count). The molecule has 1 fully saturated rings. The zero-order valence-electron chi connectivity index (χ0n) is 17.1. The number of amides is 1. The molecule has 0 saturated heterocycles. The van der Waals surface area contributed by atoms with Gasteiger partial charge in [0.15, 0.2) is 5.82 Å². The third-order valence-corrected chi connectivity index (χ3v) is 6.32. The minimum Gasteiger partial charge on any atom is -0.346 e. The number of benzene rings is 2. The summed E-state index contributed by atoms with van der Waals surface area (Å²) in [4.78, 5) is 21.1. The van der Waals surface area contributed by atoms with Crippen LogP contribution in [0.4, 0.5) is 8.78 Å². The van der Waals surface area contributed by atoms with Gasteiger partial charge in [0.2, 0.25) is 0 Å². The summed E-state index contributed by atoms with van der Waals surface area (Å²) in [6.07, 6.45) is 6.74. The van der Waals surface area contributed by atoms with Crippen LogP contribution in [0.15, 0.2) is 42.5 Å². The van der Waals surface area contributed by atoms with Crippen molar-refractivity contribution in [2.75, 3.05) is 0 Å². The maximum atomic E-state index is 14.3. The lowest BCUT2D eigenvalue weighted by Crippen LogP contribution is -2.15. The summed E-state index contributed by atoms with van der Waals surface area (Å²) >= 11 is 0. The topological polar surface area (TPSA) is 54.9 Å². The first-order valence-corrected chi connectivity index (χ1v) is 10.8. The third-order valence-electron chi connectivity index (χ3n) is 6.32. The van der Waals surface area contributed by atoms with Gasteiger partial charge in [-0.15, -0.1) is 0 Å². The van der Waals surface area contributed by atoms with Gasteiger partial charge in [-0.25, -0.2) is 18.7 Å². The molecule has 0 unspecified atom stereocenters. The van der Waals surface area contributed by atoms with Gasteiger partial charge >= 0.3 is 0 Å². The van der Waals surface area contributed by atoms with Crippen molar-refractivity contribution in [3.8, 4) is 11.4 Å². The number of halogens is 2. The van der Waals surface area contributed by atoms with Crippen molar-refractivity contribution in [3.05, 3.63) is 82.2 Å². The normalized spacial score (nSPS) is 16.3. The summed E-state index contributed by atoms with van der Waals surface area (Å²) in [6.45, 7) is 0.230. The first kappa shape index (κ1) is 19.8. The van der Waals surface area contributed by atoms with Crippen LogP contribution in [0.5, 0.6) is 0 Å². The molecule has 6 heteroatoms. The van der Waals surface area contributed by atoms with Crippen molar-refractivity contribution in [2.45, 2.75) is 51.0 Å². The maximum Gasteiger partial charge on any atom is 0.255 e. The van der Waals surface area contributed by atoms with E-state index in [2.05, 4.69) is 39.6 Å². The summed E-state index contributed by atoms with van der Waals surface area (Å²) in [5.74, 6) is -1.10. The largest absolute Gasteiger partial charge is 0.346 e. The predicted octanol–water partition coefficient (Wildman–Crippen LogP) is 5.30. The van der Waals surface area contributed by atoms with Crippen molar-refractivity contribution in [3.63, 3.8) is 0 Å². The van der Waals surface area contributed by atoms with Gasteiger partial charge in [-0.05, 0) is 42.0 Å². The number of fused-ring (bicyclic) bond motifs is 1. The van der Waals surface area contributed by atoms with Crippen LogP contribution in [0.3, 0.4) is 0 Å². The Balaban J connectivity index is 1.50. The van der Waals surface area contributed by atoms with E-state index < -0.39 is 11.6 Å². The lowest BCUT2D eigenvalue weighted by Gasteiger charge is -2.22. The molecule has 2 heterocycles. The highest BCUT2D eigenvalue weighted by Crippen LogP contribution is 2.33. The van der Waals surface area contributed by atoms with Crippen molar-refractivity contribution in [2.24, 2.45) is 0 Å². The number of hydrogen-bond donors (Lipinski definition) is 1. The minimum atomic E-state index is -0.722. The summed E-state index contributed by atoms with van der Waals surface area (Å²) in [5.41, 5.74) is 3.47. The first-order valence-electron chi connectivity index (χ1n) is 10.8. The molecule has 1 aliphatic carbocycles. The van der Waals surface area contributed by atoms with E-state index >= 15 is 0 Å². The molecule has 3 aromatic rings. The molecule has 158 valence electrons. The van der Waals surface area contributed by atoms with Crippen molar-refractivity contribution in [1.29, 1.82) is 0 Å². The Bertz CT molecular complexity index is 1120. The number of carbonyl (C=O) groups excluding carboxylic acids is 1. The molecule has 2 aromatic carbocycles. The second kappa shape index (κ2) is 8.17. The van der Waals surface area contributed by atoms with Crippen LogP contribution in [-0.2, 0) is 13.0 Å². The molecule has 1 aromatic heterocycles. The smallest absolute Gasteiger partial charge is 0.255 e. The SMILES string of the molecule is O=C1NCc2nc(-c3c(F)cccc3F)nc(Cc3ccc(C4CCCCC4)cc3)c21. The second-order valence-corrected chi connectivity index (χ2v) is 8.35. The number of carbonyl (C=O) groups is 1. The number of hydrogen-bond acceptors (Lipinski definition) is 3. The Morgan fingerprint density at radius 3 is 2.32 bits per heavy atom. The molecule has 1 saturated carbocycles. The standard InChI is InChI=1S/C25H23F2N3O/c26-18-7-4-8-19(27)22(18)24-29-20(23-21(30-24)14-28-25(23)31)13-15-9-11-17(12-10-15)16-5-2-1-3-6-16/h4,7-12,16H,1-3,5-6,13-14H2,(H,28,31). The molecule has 0 bridgehead atoms. The quantitative estimate of drug-likeness (QED) is 0.624. The third kappa shape index (κ3) is 3.82. The van der Waals surface area contributed by atoms with E-state index in [1.807, 2.05) is 0 Å². The second-order valence-electron chi connectivity index (χ2n) is 8.35. The van der Waals surface area contributed by atoms with Gasteiger partial charge in [0.1, 0.15) is 11.6 Å². The summed E-state index contributed by atoms with van der Waals surface area (Å²) < 4.78 is 28.7. The summed E-state index contributed by atoms with van der Waals surface area (Å²) in [6, 6.07) is 12.1. The van der Waals surface area contributed by atoms with Crippen LogP contribution in [0.1, 0.15) is 70.9 Å². The molecule has 1 amide bonds. The Kier molecular flexibility index (Phi) is 5.22. The molecule has 0 atom stereocenters. The van der Waals surface area contributed by atoms with Crippen molar-refractivity contribution >= 4 is 5.91 Å². The van der Waals surface area contributed by atoms with Gasteiger partial charge in [0.25, 0.3) is 5.91 Å². The maximum absolute atomic E-state index is 14.3. The van der Waals surface area contributed by atoms with Crippen LogP contribution < -0.4 is 5.32 Å². The Hall–Kier alpha value is -3.15. The molecule has 2 aliphatic rings. The van der Waals surface area contributed by atoms with Gasteiger partial charge in [0.05, 0.1) is 29.1 Å². The fourth-order valence-electron chi connectivity index (χ4n) is 4.69. The molecule has 0 radical (unpaired) electrons. The summed E-state index contributed by atoms with van der Waals surface area (Å²) in [7, 11) is 0. The molecule has 1 N–H and O–H groups in total. The van der Waals surface area contributed by atoms with Crippen LogP contribution >= 0.6 is 0 Å². The molecular weight excluding hydrogens is 396 g/mol. The zero-order chi connectivity index (χ0) is 21.4. The van der Waals surface area contributed by atoms with Gasteiger partial charge in [-0.3, -0.25) is 4.79 Å². The van der Waals surface area contributed by atoms with Gasteiger partial charge in [0, 0.05) is 6.42 Å². The molecule has 0 spiro atoms. The highest BCUT2D eigenvalue weighted by atomic mass is 19.1. The van der Waals surface area contributed by atoms with E-state index in [4.69, 9.17) is 0 Å². The van der Waals surface area contributed by atoms with Gasteiger partial charge in [-0.2, -0.15) is 0 Å². The van der Waals surface area contributed by atoms with E-state index in [1.54, 1.807) is 0 Å². The Morgan fingerprint density at radius 2 is 1.61 bits per heavy atom. The fourth-order valence-corrected chi connectivity index (χ4v) is 4.69. The average molecular weight is 419 g/mol. The van der Waals surface area contributed by atoms with Crippen molar-refractivity contribution < 1.29 is 13.6 Å². The van der Waals surface area contributed by atoms with Crippen LogP contribution in [-0.4, -0.2) is 15.9 Å². The predicted molar refractivity (Wildman–Crippen MR) is 114 cm³/mol. The van der Waals surface area contributed by atoms with E-state index in [9.17, 15) is 13.6 Å². The lowest BCUT2D eigenvalue weighted by atomic mass is 9.84. The van der Waals surface area contributed by atoms with E-state index in [0.29, 0.717) is 29.3 Å². The summed E-state index contributed by atoms with van der Waals surface area (Å²) in [5, 5.41) is 2.74. The Labute approximate surface area is 179 Å². The van der Waals surface area contributed by atoms with Gasteiger partial charge < -0.3 is 5.32 Å². The van der Waals surface area contributed by atoms with Crippen molar-refractivity contribution in [1.82, 2.24) is 15.3 Å². The minimum absolute atomic E-state index is 0.0281. The number of rotatable bonds is 4. The van der Waals surface area contributed by atoms with Crippen LogP contribution in [0.25, 0.3) is 11.4 Å². The molecule has 1 aliphatic heterocycles. The average Bonchev–Trinajstić information content (AvgIpc) is 3.16. The zero-order valence-corrected chi connectivity index (χ0v) is 17.1. The Morgan fingerprint density at radius 1 is 0.903 bits per heavy atom. The van der Waals surface area contributed by atoms with Crippen LogP contribution in [0, 0.1) is 11.6 Å². The number of aromatic nitrogens is 2. The fraction of sp³-hybridized carbons (Fsp3) is 0.320. The van der Waals surface area contributed by atoms with Gasteiger partial charge in [-0.1, -0.05) is 49.6 Å². The molecule has 4 nitrogen and oxygen atoms in total. The van der Waals surface area contributed by atoms with E-state index in [1.165, 1.54) is 55.9 Å². The number of nitrogens with one attached hydrogen (secondary N) is 1.